The average molecular weight is 481 g/mol. The first-order valence-corrected chi connectivity index (χ1v) is 14.6. The molecule has 0 fully saturated rings. The average Bonchev–Trinajstić information content (AvgIpc) is 2.84. The molecule has 0 amide bonds. The van der Waals surface area contributed by atoms with Gasteiger partial charge in [0.05, 0.1) is 0 Å². The van der Waals surface area contributed by atoms with E-state index >= 15 is 0 Å². The Balaban J connectivity index is 1.99. The van der Waals surface area contributed by atoms with E-state index in [-0.39, 0.29) is 0 Å². The minimum atomic E-state index is 0.437. The molecule has 0 aliphatic rings. The van der Waals surface area contributed by atoms with Gasteiger partial charge in [0.25, 0.3) is 0 Å². The van der Waals surface area contributed by atoms with Crippen molar-refractivity contribution in [2.75, 3.05) is 0 Å². The standard InChI is InChI=1S/C33H52O2/c1-5-7-9-11-13-15-17-19-28-23-21-26(3)30(32(28)34)25-31-27(4)22-24-29(33(31)35)20-18-16-14-12-10-8-6-2/h21-24,34-35H,5-20,25H2,1-4H3. The normalized spacial score (nSPS) is 11.3. The van der Waals surface area contributed by atoms with Crippen molar-refractivity contribution in [1.82, 2.24) is 0 Å². The third-order valence-electron chi connectivity index (χ3n) is 7.65. The van der Waals surface area contributed by atoms with Gasteiger partial charge >= 0.3 is 0 Å². The summed E-state index contributed by atoms with van der Waals surface area (Å²) in [5, 5.41) is 22.3. The number of aromatic hydroxyl groups is 2. The lowest BCUT2D eigenvalue weighted by atomic mass is 9.90. The molecule has 35 heavy (non-hydrogen) atoms. The van der Waals surface area contributed by atoms with E-state index in [2.05, 4.69) is 52.0 Å². The molecule has 2 rings (SSSR count). The highest BCUT2D eigenvalue weighted by molar-refractivity contribution is 5.53. The summed E-state index contributed by atoms with van der Waals surface area (Å²) < 4.78 is 0. The summed E-state index contributed by atoms with van der Waals surface area (Å²) in [6, 6.07) is 8.46. The van der Waals surface area contributed by atoms with E-state index in [0.29, 0.717) is 17.9 Å². The third-order valence-corrected chi connectivity index (χ3v) is 7.65. The number of phenolic OH excluding ortho intramolecular Hbond substituents is 2. The fourth-order valence-corrected chi connectivity index (χ4v) is 5.14. The highest BCUT2D eigenvalue weighted by atomic mass is 16.3. The predicted molar refractivity (Wildman–Crippen MR) is 152 cm³/mol. The van der Waals surface area contributed by atoms with Crippen LogP contribution in [-0.2, 0) is 19.3 Å². The van der Waals surface area contributed by atoms with Crippen LogP contribution in [0.3, 0.4) is 0 Å². The molecule has 196 valence electrons. The van der Waals surface area contributed by atoms with Crippen LogP contribution in [0.15, 0.2) is 24.3 Å². The number of hydrogen-bond acceptors (Lipinski definition) is 2. The number of unbranched alkanes of at least 4 members (excludes halogenated alkanes) is 12. The third kappa shape index (κ3) is 9.90. The Labute approximate surface area is 216 Å². The van der Waals surface area contributed by atoms with Gasteiger partial charge in [-0.3, -0.25) is 0 Å². The molecule has 0 saturated carbocycles. The molecular formula is C33H52O2. The van der Waals surface area contributed by atoms with Crippen molar-refractivity contribution in [3.8, 4) is 11.5 Å². The fraction of sp³-hybridized carbons (Fsp3) is 0.636. The summed E-state index contributed by atoms with van der Waals surface area (Å²) in [6.45, 7) is 8.65. The van der Waals surface area contributed by atoms with Crippen LogP contribution in [0.4, 0.5) is 0 Å². The molecule has 2 aromatic rings. The van der Waals surface area contributed by atoms with Gasteiger partial charge in [-0.15, -0.1) is 0 Å². The van der Waals surface area contributed by atoms with Gasteiger partial charge in [0.1, 0.15) is 11.5 Å². The van der Waals surface area contributed by atoms with Gasteiger partial charge in [0, 0.05) is 17.5 Å². The zero-order chi connectivity index (χ0) is 25.5. The molecule has 2 N–H and O–H groups in total. The molecule has 0 atom stereocenters. The van der Waals surface area contributed by atoms with Gasteiger partial charge < -0.3 is 10.2 Å². The number of hydrogen-bond donors (Lipinski definition) is 2. The Bertz CT molecular complexity index is 796. The molecule has 0 saturated heterocycles. The van der Waals surface area contributed by atoms with Gasteiger partial charge in [-0.05, 0) is 61.8 Å². The second-order valence-electron chi connectivity index (χ2n) is 10.7. The van der Waals surface area contributed by atoms with E-state index in [1.54, 1.807) is 0 Å². The summed E-state index contributed by atoms with van der Waals surface area (Å²) in [6.07, 6.45) is 20.3. The first-order valence-electron chi connectivity index (χ1n) is 14.6. The minimum Gasteiger partial charge on any atom is -0.507 e. The Kier molecular flexibility index (Phi) is 13.9. The fourth-order valence-electron chi connectivity index (χ4n) is 5.14. The lowest BCUT2D eigenvalue weighted by molar-refractivity contribution is 0.452. The van der Waals surface area contributed by atoms with Crippen molar-refractivity contribution < 1.29 is 10.2 Å². The van der Waals surface area contributed by atoms with Gasteiger partial charge in [-0.25, -0.2) is 0 Å². The number of rotatable bonds is 18. The van der Waals surface area contributed by atoms with Crippen molar-refractivity contribution >= 4 is 0 Å². The quantitative estimate of drug-likeness (QED) is 0.208. The van der Waals surface area contributed by atoms with Crippen LogP contribution in [0.2, 0.25) is 0 Å². The van der Waals surface area contributed by atoms with Crippen LogP contribution in [-0.4, -0.2) is 10.2 Å². The van der Waals surface area contributed by atoms with E-state index in [0.717, 1.165) is 59.1 Å². The summed E-state index contributed by atoms with van der Waals surface area (Å²) in [5.74, 6) is 0.875. The molecule has 2 aromatic carbocycles. The lowest BCUT2D eigenvalue weighted by Gasteiger charge is -2.17. The summed E-state index contributed by atoms with van der Waals surface area (Å²) in [5.41, 5.74) is 6.24. The maximum atomic E-state index is 11.1. The van der Waals surface area contributed by atoms with Crippen LogP contribution in [0.5, 0.6) is 11.5 Å². The Hall–Kier alpha value is -1.96. The Morgan fingerprint density at radius 3 is 1.20 bits per heavy atom. The Morgan fingerprint density at radius 1 is 0.486 bits per heavy atom. The van der Waals surface area contributed by atoms with Crippen molar-refractivity contribution in [3.05, 3.63) is 57.6 Å². The molecule has 2 heteroatoms. The molecule has 0 aliphatic heterocycles. The largest absolute Gasteiger partial charge is 0.507 e. The predicted octanol–water partition coefficient (Wildman–Crippen LogP) is 9.89. The van der Waals surface area contributed by atoms with Gasteiger partial charge in [0.15, 0.2) is 0 Å². The van der Waals surface area contributed by atoms with Crippen LogP contribution < -0.4 is 0 Å². The monoisotopic (exact) mass is 480 g/mol. The van der Waals surface area contributed by atoms with Gasteiger partial charge in [-0.2, -0.15) is 0 Å². The zero-order valence-electron chi connectivity index (χ0n) is 23.2. The van der Waals surface area contributed by atoms with Crippen molar-refractivity contribution in [3.63, 3.8) is 0 Å². The molecule has 2 nitrogen and oxygen atoms in total. The second-order valence-corrected chi connectivity index (χ2v) is 10.7. The smallest absolute Gasteiger partial charge is 0.122 e. The number of aryl methyl sites for hydroxylation is 4. The van der Waals surface area contributed by atoms with Crippen molar-refractivity contribution in [2.24, 2.45) is 0 Å². The maximum absolute atomic E-state index is 11.1. The molecule has 0 radical (unpaired) electrons. The highest BCUT2D eigenvalue weighted by Crippen LogP contribution is 2.35. The SMILES string of the molecule is CCCCCCCCCc1ccc(C)c(Cc2c(C)ccc(CCCCCCCCC)c2O)c1O. The molecular weight excluding hydrogens is 428 g/mol. The first kappa shape index (κ1) is 29.3. The van der Waals surface area contributed by atoms with Crippen LogP contribution in [0, 0.1) is 13.8 Å². The molecule has 0 aliphatic carbocycles. The maximum Gasteiger partial charge on any atom is 0.122 e. The number of benzene rings is 2. The van der Waals surface area contributed by atoms with Crippen molar-refractivity contribution in [1.29, 1.82) is 0 Å². The molecule has 0 bridgehead atoms. The van der Waals surface area contributed by atoms with E-state index in [1.165, 1.54) is 77.0 Å². The molecule has 0 aromatic heterocycles. The van der Waals surface area contributed by atoms with Gasteiger partial charge in [0.2, 0.25) is 0 Å². The Morgan fingerprint density at radius 2 is 0.829 bits per heavy atom. The zero-order valence-corrected chi connectivity index (χ0v) is 23.2. The molecule has 0 spiro atoms. The minimum absolute atomic E-state index is 0.437. The van der Waals surface area contributed by atoms with E-state index in [9.17, 15) is 10.2 Å². The first-order chi connectivity index (χ1) is 17.0. The van der Waals surface area contributed by atoms with E-state index < -0.39 is 0 Å². The van der Waals surface area contributed by atoms with E-state index in [4.69, 9.17) is 0 Å². The summed E-state index contributed by atoms with van der Waals surface area (Å²) in [4.78, 5) is 0. The van der Waals surface area contributed by atoms with Crippen molar-refractivity contribution in [2.45, 2.75) is 137 Å². The van der Waals surface area contributed by atoms with Crippen LogP contribution in [0.25, 0.3) is 0 Å². The van der Waals surface area contributed by atoms with Gasteiger partial charge in [-0.1, -0.05) is 115 Å². The van der Waals surface area contributed by atoms with Crippen LogP contribution in [0.1, 0.15) is 137 Å². The second kappa shape index (κ2) is 16.7. The number of phenols is 2. The summed E-state index contributed by atoms with van der Waals surface area (Å²) >= 11 is 0. The van der Waals surface area contributed by atoms with E-state index in [1.807, 2.05) is 0 Å². The highest BCUT2D eigenvalue weighted by Gasteiger charge is 2.16. The molecule has 0 heterocycles. The lowest BCUT2D eigenvalue weighted by Crippen LogP contribution is -2.01. The van der Waals surface area contributed by atoms with Crippen LogP contribution >= 0.6 is 0 Å². The summed E-state index contributed by atoms with van der Waals surface area (Å²) in [7, 11) is 0. The molecule has 0 unspecified atom stereocenters. The topological polar surface area (TPSA) is 40.5 Å².